The van der Waals surface area contributed by atoms with Gasteiger partial charge in [0.05, 0.1) is 25.7 Å². The van der Waals surface area contributed by atoms with Crippen molar-refractivity contribution in [2.45, 2.75) is 25.3 Å². The minimum atomic E-state index is -0.935. The molecule has 0 saturated carbocycles. The van der Waals surface area contributed by atoms with Gasteiger partial charge >= 0.3 is 12.0 Å². The normalized spacial score (nSPS) is 19.1. The third-order valence-corrected chi connectivity index (χ3v) is 2.67. The van der Waals surface area contributed by atoms with Crippen LogP contribution in [0.5, 0.6) is 0 Å². The van der Waals surface area contributed by atoms with Crippen LogP contribution in [0.4, 0.5) is 4.79 Å². The molecular weight excluding hydrogens is 236 g/mol. The quantitative estimate of drug-likeness (QED) is 0.546. The first-order valence-electron chi connectivity index (χ1n) is 5.92. The van der Waals surface area contributed by atoms with Crippen molar-refractivity contribution in [1.82, 2.24) is 10.2 Å². The van der Waals surface area contributed by atoms with Crippen LogP contribution in [-0.2, 0) is 9.53 Å². The van der Waals surface area contributed by atoms with Crippen molar-refractivity contribution in [2.75, 3.05) is 26.3 Å². The second-order valence-corrected chi connectivity index (χ2v) is 4.06. The molecule has 0 bridgehead atoms. The number of unbranched alkanes of at least 4 members (excludes halogenated alkanes) is 1. The number of nitrogens with one attached hydrogen (secondary N) is 1. The van der Waals surface area contributed by atoms with Gasteiger partial charge in [-0.1, -0.05) is 0 Å². The maximum absolute atomic E-state index is 11.9. The van der Waals surface area contributed by atoms with E-state index in [0.717, 1.165) is 6.42 Å². The monoisotopic (exact) mass is 254 g/mol. The standard InChI is InChI=1S/C12H18N2O4/c1-2-3-4-5-13-12(17)14-6-7-18-9-10(14)8-11(15)16/h1,10H,3-9H2,(H,13,17)(H,15,16). The Morgan fingerprint density at radius 3 is 3.00 bits per heavy atom. The van der Waals surface area contributed by atoms with Gasteiger partial charge in [-0.15, -0.1) is 12.3 Å². The Balaban J connectivity index is 2.42. The fourth-order valence-electron chi connectivity index (χ4n) is 1.78. The molecular formula is C12H18N2O4. The average Bonchev–Trinajstić information content (AvgIpc) is 2.34. The lowest BCUT2D eigenvalue weighted by atomic mass is 10.1. The summed E-state index contributed by atoms with van der Waals surface area (Å²) in [6.07, 6.45) is 6.34. The number of morpholine rings is 1. The van der Waals surface area contributed by atoms with Crippen LogP contribution in [0.15, 0.2) is 0 Å². The van der Waals surface area contributed by atoms with Crippen LogP contribution in [0.2, 0.25) is 0 Å². The van der Waals surface area contributed by atoms with Gasteiger partial charge in [0, 0.05) is 19.5 Å². The van der Waals surface area contributed by atoms with Crippen LogP contribution in [-0.4, -0.2) is 54.4 Å². The molecule has 2 N–H and O–H groups in total. The van der Waals surface area contributed by atoms with E-state index in [2.05, 4.69) is 11.2 Å². The Bertz CT molecular complexity index is 337. The fraction of sp³-hybridized carbons (Fsp3) is 0.667. The molecule has 0 aromatic carbocycles. The van der Waals surface area contributed by atoms with E-state index in [-0.39, 0.29) is 19.1 Å². The van der Waals surface area contributed by atoms with E-state index in [0.29, 0.717) is 26.1 Å². The zero-order valence-corrected chi connectivity index (χ0v) is 10.2. The lowest BCUT2D eigenvalue weighted by Gasteiger charge is -2.34. The van der Waals surface area contributed by atoms with Gasteiger partial charge in [-0.25, -0.2) is 4.79 Å². The smallest absolute Gasteiger partial charge is 0.317 e. The van der Waals surface area contributed by atoms with Crippen LogP contribution in [0.1, 0.15) is 19.3 Å². The number of carboxylic acids is 1. The largest absolute Gasteiger partial charge is 0.481 e. The van der Waals surface area contributed by atoms with Crippen molar-refractivity contribution >= 4 is 12.0 Å². The lowest BCUT2D eigenvalue weighted by Crippen LogP contribution is -2.53. The Hall–Kier alpha value is -1.74. The molecule has 0 aromatic heterocycles. The summed E-state index contributed by atoms with van der Waals surface area (Å²) >= 11 is 0. The van der Waals surface area contributed by atoms with E-state index >= 15 is 0 Å². The first-order chi connectivity index (χ1) is 8.65. The number of carbonyl (C=O) groups is 2. The van der Waals surface area contributed by atoms with Gasteiger partial charge in [-0.2, -0.15) is 0 Å². The van der Waals surface area contributed by atoms with E-state index in [1.54, 1.807) is 0 Å². The van der Waals surface area contributed by atoms with Crippen molar-refractivity contribution in [1.29, 1.82) is 0 Å². The molecule has 1 unspecified atom stereocenters. The minimum Gasteiger partial charge on any atom is -0.481 e. The number of ether oxygens (including phenoxy) is 1. The highest BCUT2D eigenvalue weighted by Gasteiger charge is 2.28. The number of carboxylic acid groups (broad SMARTS) is 1. The number of amides is 2. The number of nitrogens with zero attached hydrogens (tertiary/aromatic N) is 1. The first kappa shape index (κ1) is 14.3. The summed E-state index contributed by atoms with van der Waals surface area (Å²) < 4.78 is 5.19. The summed E-state index contributed by atoms with van der Waals surface area (Å²) in [5.74, 6) is 1.56. The van der Waals surface area contributed by atoms with Crippen LogP contribution >= 0.6 is 0 Å². The molecule has 1 aliphatic rings. The Morgan fingerprint density at radius 2 is 2.33 bits per heavy atom. The van der Waals surface area contributed by atoms with Gasteiger partial charge < -0.3 is 20.1 Å². The van der Waals surface area contributed by atoms with Gasteiger partial charge in [-0.05, 0) is 6.42 Å². The van der Waals surface area contributed by atoms with Crippen molar-refractivity contribution in [3.8, 4) is 12.3 Å². The number of rotatable bonds is 5. The number of carbonyl (C=O) groups excluding carboxylic acids is 1. The molecule has 1 aliphatic heterocycles. The fourth-order valence-corrected chi connectivity index (χ4v) is 1.78. The zero-order valence-electron chi connectivity index (χ0n) is 10.2. The van der Waals surface area contributed by atoms with E-state index in [4.69, 9.17) is 16.3 Å². The van der Waals surface area contributed by atoms with Gasteiger partial charge in [-0.3, -0.25) is 4.79 Å². The third-order valence-electron chi connectivity index (χ3n) is 2.67. The van der Waals surface area contributed by atoms with Gasteiger partial charge in [0.25, 0.3) is 0 Å². The van der Waals surface area contributed by atoms with Gasteiger partial charge in [0.1, 0.15) is 0 Å². The Labute approximate surface area is 106 Å². The summed E-state index contributed by atoms with van der Waals surface area (Å²) in [5.41, 5.74) is 0. The molecule has 100 valence electrons. The van der Waals surface area contributed by atoms with Crippen LogP contribution in [0.3, 0.4) is 0 Å². The van der Waals surface area contributed by atoms with E-state index in [9.17, 15) is 9.59 Å². The van der Waals surface area contributed by atoms with Crippen LogP contribution in [0.25, 0.3) is 0 Å². The summed E-state index contributed by atoms with van der Waals surface area (Å²) in [6.45, 7) is 1.62. The summed E-state index contributed by atoms with van der Waals surface area (Å²) in [5, 5.41) is 11.5. The van der Waals surface area contributed by atoms with E-state index in [1.165, 1.54) is 4.90 Å². The second kappa shape index (κ2) is 7.56. The predicted molar refractivity (Wildman–Crippen MR) is 65.0 cm³/mol. The van der Waals surface area contributed by atoms with Crippen LogP contribution in [0, 0.1) is 12.3 Å². The maximum Gasteiger partial charge on any atom is 0.317 e. The summed E-state index contributed by atoms with van der Waals surface area (Å²) in [6, 6.07) is -0.648. The summed E-state index contributed by atoms with van der Waals surface area (Å²) in [4.78, 5) is 24.1. The Kier molecular flexibility index (Phi) is 6.01. The molecule has 1 rings (SSSR count). The molecule has 1 fully saturated rings. The van der Waals surface area contributed by atoms with Crippen molar-refractivity contribution in [3.05, 3.63) is 0 Å². The molecule has 1 atom stereocenters. The molecule has 18 heavy (non-hydrogen) atoms. The molecule has 1 heterocycles. The number of hydrogen-bond acceptors (Lipinski definition) is 3. The SMILES string of the molecule is C#CCCCNC(=O)N1CCOCC1CC(=O)O. The number of hydrogen-bond donors (Lipinski definition) is 2. The highest BCUT2D eigenvalue weighted by molar-refractivity contribution is 5.76. The third kappa shape index (κ3) is 4.63. The molecule has 6 nitrogen and oxygen atoms in total. The van der Waals surface area contributed by atoms with Crippen molar-refractivity contribution in [2.24, 2.45) is 0 Å². The molecule has 0 aliphatic carbocycles. The highest BCUT2D eigenvalue weighted by Crippen LogP contribution is 2.10. The minimum absolute atomic E-state index is 0.0994. The number of urea groups is 1. The summed E-state index contributed by atoms with van der Waals surface area (Å²) in [7, 11) is 0. The average molecular weight is 254 g/mol. The number of terminal acetylenes is 1. The lowest BCUT2D eigenvalue weighted by molar-refractivity contribution is -0.139. The molecule has 0 aromatic rings. The first-order valence-corrected chi connectivity index (χ1v) is 5.92. The number of aliphatic carboxylic acids is 1. The predicted octanol–water partition coefficient (Wildman–Crippen LogP) is 0.285. The van der Waals surface area contributed by atoms with E-state index in [1.807, 2.05) is 0 Å². The molecule has 6 heteroatoms. The zero-order chi connectivity index (χ0) is 13.4. The van der Waals surface area contributed by atoms with E-state index < -0.39 is 12.0 Å². The molecule has 1 saturated heterocycles. The second-order valence-electron chi connectivity index (χ2n) is 4.06. The van der Waals surface area contributed by atoms with Gasteiger partial charge in [0.15, 0.2) is 0 Å². The molecule has 0 radical (unpaired) electrons. The van der Waals surface area contributed by atoms with Crippen LogP contribution < -0.4 is 5.32 Å². The molecule has 2 amide bonds. The van der Waals surface area contributed by atoms with Gasteiger partial charge in [0.2, 0.25) is 0 Å². The molecule has 0 spiro atoms. The Morgan fingerprint density at radius 1 is 1.56 bits per heavy atom. The maximum atomic E-state index is 11.9. The highest BCUT2D eigenvalue weighted by atomic mass is 16.5. The van der Waals surface area contributed by atoms with Crippen molar-refractivity contribution in [3.63, 3.8) is 0 Å². The topological polar surface area (TPSA) is 78.9 Å². The van der Waals surface area contributed by atoms with Crippen molar-refractivity contribution < 1.29 is 19.4 Å².